The number of hydrogen-bond acceptors (Lipinski definition) is 2. The van der Waals surface area contributed by atoms with Crippen LogP contribution in [0.5, 0.6) is 0 Å². The van der Waals surface area contributed by atoms with Gasteiger partial charge in [0, 0.05) is 55.5 Å². The standard InChI is InChI=1S/C69H43N3/c1-3-20-46(21-4-1)70(48-36-40-65-59(41-48)56-27-11-14-31-64(56)71(65)47-22-5-2-6-23-47)49-34-38-54-55-39-35-50(43-63(55)69(62(54)42-49)60-29-12-9-25-52(60)53-26-10-13-30-61(53)69)72-66-32-16-19-45-18-15-28-57(67(45)66)58-37-33-44-17-7-8-24-51(44)68(58)72/h1-43H. The number of para-hydroxylation sites is 3. The Labute approximate surface area is 417 Å². The van der Waals surface area contributed by atoms with E-state index in [-0.39, 0.29) is 0 Å². The summed E-state index contributed by atoms with van der Waals surface area (Å²) < 4.78 is 2.39. The average molecular weight is 914 g/mol. The minimum atomic E-state index is -0.597. The second-order valence-electron chi connectivity index (χ2n) is 19.6. The highest BCUT2D eigenvalue weighted by molar-refractivity contribution is 6.19. The molecule has 0 saturated carbocycles. The summed E-state index contributed by atoms with van der Waals surface area (Å²) in [7, 11) is 0. The van der Waals surface area contributed by atoms with Crippen molar-refractivity contribution in [2.45, 2.75) is 5.41 Å². The maximum Gasteiger partial charge on any atom is 0.0727 e. The highest BCUT2D eigenvalue weighted by Crippen LogP contribution is 2.65. The predicted octanol–water partition coefficient (Wildman–Crippen LogP) is 18.4. The first-order chi connectivity index (χ1) is 35.7. The second kappa shape index (κ2) is 14.8. The molecule has 13 aromatic rings. The molecule has 3 aliphatic rings. The maximum absolute atomic E-state index is 2.56. The van der Waals surface area contributed by atoms with Crippen LogP contribution in [0, 0.1) is 0 Å². The summed E-state index contributed by atoms with van der Waals surface area (Å²) in [5.41, 5.74) is 22.7. The molecule has 0 bridgehead atoms. The van der Waals surface area contributed by atoms with Gasteiger partial charge in [0.15, 0.2) is 0 Å². The van der Waals surface area contributed by atoms with Crippen molar-refractivity contribution in [1.29, 1.82) is 0 Å². The molecule has 1 aromatic heterocycles. The molecule has 12 aromatic carbocycles. The Morgan fingerprint density at radius 1 is 0.306 bits per heavy atom. The molecule has 1 aliphatic heterocycles. The lowest BCUT2D eigenvalue weighted by Gasteiger charge is -2.36. The smallest absolute Gasteiger partial charge is 0.0727 e. The third-order valence-corrected chi connectivity index (χ3v) is 16.1. The SMILES string of the molecule is c1ccc(N(c2ccc3c(c2)C2(c4ccccc4-c4ccccc42)c2cc(N4c5c(ccc6ccccc56)-c5cccc6cccc4c56)ccc2-3)c2ccc3c(c2)c2ccccc2n3-c2ccccc2)cc1. The van der Waals surface area contributed by atoms with Crippen LogP contribution in [0.3, 0.4) is 0 Å². The molecule has 72 heavy (non-hydrogen) atoms. The van der Waals surface area contributed by atoms with E-state index in [0.717, 1.165) is 28.4 Å². The zero-order valence-corrected chi connectivity index (χ0v) is 39.2. The number of nitrogens with zero attached hydrogens (tertiary/aromatic N) is 3. The summed E-state index contributed by atoms with van der Waals surface area (Å²) >= 11 is 0. The number of anilines is 6. The Kier molecular flexibility index (Phi) is 8.09. The van der Waals surface area contributed by atoms with Crippen molar-refractivity contribution in [3.63, 3.8) is 0 Å². The van der Waals surface area contributed by atoms with Crippen LogP contribution in [-0.2, 0) is 5.41 Å². The van der Waals surface area contributed by atoms with E-state index in [9.17, 15) is 0 Å². The molecular formula is C69H43N3. The summed E-state index contributed by atoms with van der Waals surface area (Å²) in [5.74, 6) is 0. The van der Waals surface area contributed by atoms with Gasteiger partial charge in [0.05, 0.1) is 27.8 Å². The van der Waals surface area contributed by atoms with Gasteiger partial charge >= 0.3 is 0 Å². The van der Waals surface area contributed by atoms with Crippen LogP contribution in [0.25, 0.3) is 82.4 Å². The van der Waals surface area contributed by atoms with Crippen LogP contribution < -0.4 is 9.80 Å². The highest BCUT2D eigenvalue weighted by Gasteiger charge is 2.52. The van der Waals surface area contributed by atoms with Crippen molar-refractivity contribution in [1.82, 2.24) is 4.57 Å². The lowest BCUT2D eigenvalue weighted by Crippen LogP contribution is -2.26. The molecule has 0 radical (unpaired) electrons. The van der Waals surface area contributed by atoms with Crippen LogP contribution >= 0.6 is 0 Å². The third-order valence-electron chi connectivity index (χ3n) is 16.1. The summed E-state index contributed by atoms with van der Waals surface area (Å²) in [6.45, 7) is 0. The lowest BCUT2D eigenvalue weighted by molar-refractivity contribution is 0.793. The largest absolute Gasteiger partial charge is 0.310 e. The monoisotopic (exact) mass is 913 g/mol. The van der Waals surface area contributed by atoms with Crippen LogP contribution in [0.1, 0.15) is 22.3 Å². The first-order valence-corrected chi connectivity index (χ1v) is 25.0. The second-order valence-corrected chi connectivity index (χ2v) is 19.6. The van der Waals surface area contributed by atoms with Crippen molar-refractivity contribution < 1.29 is 0 Å². The van der Waals surface area contributed by atoms with E-state index in [1.165, 1.54) is 110 Å². The van der Waals surface area contributed by atoms with Gasteiger partial charge in [0.2, 0.25) is 0 Å². The van der Waals surface area contributed by atoms with E-state index in [4.69, 9.17) is 0 Å². The van der Waals surface area contributed by atoms with Gasteiger partial charge in [-0.2, -0.15) is 0 Å². The lowest BCUT2D eigenvalue weighted by atomic mass is 9.70. The Hall–Kier alpha value is -9.44. The Morgan fingerprint density at radius 2 is 0.875 bits per heavy atom. The molecule has 0 fully saturated rings. The van der Waals surface area contributed by atoms with Gasteiger partial charge in [-0.15, -0.1) is 0 Å². The van der Waals surface area contributed by atoms with E-state index >= 15 is 0 Å². The van der Waals surface area contributed by atoms with E-state index in [1.54, 1.807) is 0 Å². The molecular weight excluding hydrogens is 871 g/mol. The van der Waals surface area contributed by atoms with Gasteiger partial charge in [0.1, 0.15) is 0 Å². The van der Waals surface area contributed by atoms with Crippen molar-refractivity contribution in [2.24, 2.45) is 0 Å². The molecule has 0 N–H and O–H groups in total. The first kappa shape index (κ1) is 39.4. The summed E-state index contributed by atoms with van der Waals surface area (Å²) in [4.78, 5) is 5.02. The molecule has 2 heterocycles. The van der Waals surface area contributed by atoms with Crippen LogP contribution in [0.4, 0.5) is 34.1 Å². The molecule has 16 rings (SSSR count). The molecule has 334 valence electrons. The van der Waals surface area contributed by atoms with Crippen LogP contribution in [0.2, 0.25) is 0 Å². The van der Waals surface area contributed by atoms with Crippen molar-refractivity contribution in [3.8, 4) is 39.1 Å². The van der Waals surface area contributed by atoms with E-state index < -0.39 is 5.41 Å². The average Bonchev–Trinajstić information content (AvgIpc) is 4.05. The van der Waals surface area contributed by atoms with Gasteiger partial charge in [0.25, 0.3) is 0 Å². The Morgan fingerprint density at radius 3 is 1.68 bits per heavy atom. The zero-order chi connectivity index (χ0) is 47.1. The third kappa shape index (κ3) is 5.24. The number of fused-ring (bicyclic) bond motifs is 17. The Balaban J connectivity index is 0.948. The Bertz CT molecular complexity index is 4360. The molecule has 3 heteroatoms. The molecule has 0 amide bonds. The first-order valence-electron chi connectivity index (χ1n) is 25.0. The maximum atomic E-state index is 2.56. The molecule has 2 aliphatic carbocycles. The topological polar surface area (TPSA) is 11.4 Å². The molecule has 0 saturated heterocycles. The number of benzene rings is 12. The van der Waals surface area contributed by atoms with Gasteiger partial charge in [-0.05, 0) is 140 Å². The fraction of sp³-hybridized carbons (Fsp3) is 0.0145. The van der Waals surface area contributed by atoms with Gasteiger partial charge in [-0.1, -0.05) is 182 Å². The molecule has 3 nitrogen and oxygen atoms in total. The molecule has 1 spiro atoms. The number of aromatic nitrogens is 1. The summed E-state index contributed by atoms with van der Waals surface area (Å²) in [6, 6.07) is 97.4. The highest BCUT2D eigenvalue weighted by atomic mass is 15.2. The quantitative estimate of drug-likeness (QED) is 0.170. The fourth-order valence-electron chi connectivity index (χ4n) is 13.2. The zero-order valence-electron chi connectivity index (χ0n) is 39.2. The normalized spacial score (nSPS) is 13.4. The van der Waals surface area contributed by atoms with Gasteiger partial charge in [-0.3, -0.25) is 0 Å². The number of hydrogen-bond donors (Lipinski definition) is 0. The fourth-order valence-corrected chi connectivity index (χ4v) is 13.2. The molecule has 0 atom stereocenters. The predicted molar refractivity (Wildman–Crippen MR) is 300 cm³/mol. The summed E-state index contributed by atoms with van der Waals surface area (Å²) in [5, 5.41) is 7.45. The van der Waals surface area contributed by atoms with Gasteiger partial charge in [-0.25, -0.2) is 0 Å². The molecule has 0 unspecified atom stereocenters. The number of rotatable bonds is 5. The van der Waals surface area contributed by atoms with E-state index in [0.29, 0.717) is 0 Å². The minimum absolute atomic E-state index is 0.597. The summed E-state index contributed by atoms with van der Waals surface area (Å²) in [6.07, 6.45) is 0. The van der Waals surface area contributed by atoms with Crippen molar-refractivity contribution >= 4 is 77.5 Å². The van der Waals surface area contributed by atoms with Crippen LogP contribution in [-0.4, -0.2) is 4.57 Å². The van der Waals surface area contributed by atoms with E-state index in [2.05, 4.69) is 275 Å². The van der Waals surface area contributed by atoms with Crippen LogP contribution in [0.15, 0.2) is 261 Å². The minimum Gasteiger partial charge on any atom is -0.310 e. The van der Waals surface area contributed by atoms with Crippen molar-refractivity contribution in [3.05, 3.63) is 283 Å². The van der Waals surface area contributed by atoms with Gasteiger partial charge < -0.3 is 14.4 Å². The van der Waals surface area contributed by atoms with Crippen molar-refractivity contribution in [2.75, 3.05) is 9.80 Å². The van der Waals surface area contributed by atoms with E-state index in [1.807, 2.05) is 0 Å².